The largest absolute Gasteiger partial charge is 0.376 e. The number of ether oxygens (including phenoxy) is 2. The van der Waals surface area contributed by atoms with Gasteiger partial charge in [-0.2, -0.15) is 0 Å². The summed E-state index contributed by atoms with van der Waals surface area (Å²) in [5.74, 6) is 1.25. The van der Waals surface area contributed by atoms with E-state index in [0.29, 0.717) is 6.61 Å². The Morgan fingerprint density at radius 1 is 1.50 bits per heavy atom. The van der Waals surface area contributed by atoms with Gasteiger partial charge in [0.05, 0.1) is 18.4 Å². The van der Waals surface area contributed by atoms with Crippen LogP contribution in [0.2, 0.25) is 0 Å². The van der Waals surface area contributed by atoms with Gasteiger partial charge in [0, 0.05) is 31.8 Å². The molecule has 1 aromatic heterocycles. The first-order valence-electron chi connectivity index (χ1n) is 9.09. The summed E-state index contributed by atoms with van der Waals surface area (Å²) in [5.41, 5.74) is 1.04. The van der Waals surface area contributed by atoms with E-state index in [-0.39, 0.29) is 24.0 Å². The third kappa shape index (κ3) is 4.16. The molecule has 3 rings (SSSR count). The Labute approximate surface area is 143 Å². The van der Waals surface area contributed by atoms with Crippen molar-refractivity contribution in [3.63, 3.8) is 0 Å². The van der Waals surface area contributed by atoms with E-state index in [0.717, 1.165) is 50.4 Å². The van der Waals surface area contributed by atoms with Crippen molar-refractivity contribution < 1.29 is 14.3 Å². The van der Waals surface area contributed by atoms with Crippen LogP contribution in [0.15, 0.2) is 6.20 Å². The highest BCUT2D eigenvalue weighted by molar-refractivity contribution is 5.81. The molecule has 6 heteroatoms. The summed E-state index contributed by atoms with van der Waals surface area (Å²) >= 11 is 0. The van der Waals surface area contributed by atoms with Gasteiger partial charge < -0.3 is 19.4 Å². The maximum atomic E-state index is 12.7. The molecule has 3 heterocycles. The van der Waals surface area contributed by atoms with Gasteiger partial charge in [0.1, 0.15) is 11.9 Å². The number of nitrogens with zero attached hydrogens (tertiary/aromatic N) is 2. The SMILES string of the molecule is Cc1cn2c(n1)CC[C@H](NC(=O)[C@H](OC[C@@H]1CCCO1)C(C)C)C2. The molecule has 0 bridgehead atoms. The number of aryl methyl sites for hydroxylation is 2. The molecule has 1 aromatic rings. The Kier molecular flexibility index (Phi) is 5.56. The van der Waals surface area contributed by atoms with E-state index in [9.17, 15) is 4.79 Å². The molecule has 1 saturated heterocycles. The number of carbonyl (C=O) groups excluding carboxylic acids is 1. The third-order valence-corrected chi connectivity index (χ3v) is 4.81. The van der Waals surface area contributed by atoms with Crippen molar-refractivity contribution in [1.29, 1.82) is 0 Å². The summed E-state index contributed by atoms with van der Waals surface area (Å²) < 4.78 is 13.6. The number of carbonyl (C=O) groups is 1. The van der Waals surface area contributed by atoms with Gasteiger partial charge in [-0.25, -0.2) is 4.98 Å². The first-order chi connectivity index (χ1) is 11.5. The lowest BCUT2D eigenvalue weighted by atomic mass is 10.0. The maximum Gasteiger partial charge on any atom is 0.249 e. The molecular weight excluding hydrogens is 306 g/mol. The monoisotopic (exact) mass is 335 g/mol. The average Bonchev–Trinajstić information content (AvgIpc) is 3.15. The number of fused-ring (bicyclic) bond motifs is 1. The predicted octanol–water partition coefficient (Wildman–Crippen LogP) is 1.84. The van der Waals surface area contributed by atoms with Crippen LogP contribution in [0.4, 0.5) is 0 Å². The second-order valence-corrected chi connectivity index (χ2v) is 7.33. The second-order valence-electron chi connectivity index (χ2n) is 7.33. The topological polar surface area (TPSA) is 65.4 Å². The Morgan fingerprint density at radius 3 is 3.04 bits per heavy atom. The van der Waals surface area contributed by atoms with Crippen molar-refractivity contribution in [3.8, 4) is 0 Å². The quantitative estimate of drug-likeness (QED) is 0.861. The standard InChI is InChI=1S/C18H29N3O3/c1-12(2)17(24-11-15-5-4-8-23-15)18(22)20-14-6-7-16-19-13(3)9-21(16)10-14/h9,12,14-15,17H,4-8,10-11H2,1-3H3,(H,20,22)/t14-,15-,17+/m0/s1. The molecule has 2 aliphatic rings. The maximum absolute atomic E-state index is 12.7. The molecule has 0 aliphatic carbocycles. The minimum Gasteiger partial charge on any atom is -0.376 e. The summed E-state index contributed by atoms with van der Waals surface area (Å²) in [6.45, 7) is 8.16. The number of rotatable bonds is 6. The number of aromatic nitrogens is 2. The fraction of sp³-hybridized carbons (Fsp3) is 0.778. The number of hydrogen-bond donors (Lipinski definition) is 1. The smallest absolute Gasteiger partial charge is 0.249 e. The number of imidazole rings is 1. The van der Waals surface area contributed by atoms with Gasteiger partial charge >= 0.3 is 0 Å². The second kappa shape index (κ2) is 7.66. The van der Waals surface area contributed by atoms with E-state index in [1.807, 2.05) is 20.8 Å². The molecular formula is C18H29N3O3. The Morgan fingerprint density at radius 2 is 2.33 bits per heavy atom. The van der Waals surface area contributed by atoms with Crippen LogP contribution >= 0.6 is 0 Å². The van der Waals surface area contributed by atoms with Crippen LogP contribution < -0.4 is 5.32 Å². The van der Waals surface area contributed by atoms with Crippen molar-refractivity contribution in [2.24, 2.45) is 5.92 Å². The number of amides is 1. The van der Waals surface area contributed by atoms with Crippen LogP contribution in [-0.4, -0.2) is 46.9 Å². The van der Waals surface area contributed by atoms with E-state index in [1.54, 1.807) is 0 Å². The van der Waals surface area contributed by atoms with Crippen LogP contribution in [0.3, 0.4) is 0 Å². The zero-order valence-corrected chi connectivity index (χ0v) is 15.0. The molecule has 1 amide bonds. The molecule has 3 atom stereocenters. The van der Waals surface area contributed by atoms with Crippen LogP contribution in [0, 0.1) is 12.8 Å². The molecule has 0 spiro atoms. The molecule has 0 unspecified atom stereocenters. The average molecular weight is 335 g/mol. The zero-order chi connectivity index (χ0) is 17.1. The lowest BCUT2D eigenvalue weighted by Gasteiger charge is -2.28. The van der Waals surface area contributed by atoms with E-state index < -0.39 is 6.10 Å². The summed E-state index contributed by atoms with van der Waals surface area (Å²) in [5, 5.41) is 3.17. The highest BCUT2D eigenvalue weighted by Gasteiger charge is 2.29. The molecule has 0 radical (unpaired) electrons. The lowest BCUT2D eigenvalue weighted by molar-refractivity contribution is -0.139. The zero-order valence-electron chi connectivity index (χ0n) is 15.0. The van der Waals surface area contributed by atoms with Crippen molar-refractivity contribution in [3.05, 3.63) is 17.7 Å². The summed E-state index contributed by atoms with van der Waals surface area (Å²) in [6.07, 6.45) is 5.73. The van der Waals surface area contributed by atoms with Crippen molar-refractivity contribution in [2.75, 3.05) is 13.2 Å². The van der Waals surface area contributed by atoms with Gasteiger partial charge in [0.25, 0.3) is 0 Å². The van der Waals surface area contributed by atoms with Crippen LogP contribution in [0.25, 0.3) is 0 Å². The molecule has 0 saturated carbocycles. The van der Waals surface area contributed by atoms with Crippen LogP contribution in [-0.2, 0) is 27.2 Å². The first-order valence-corrected chi connectivity index (χ1v) is 9.09. The van der Waals surface area contributed by atoms with E-state index >= 15 is 0 Å². The fourth-order valence-electron chi connectivity index (χ4n) is 3.55. The highest BCUT2D eigenvalue weighted by atomic mass is 16.5. The van der Waals surface area contributed by atoms with E-state index in [2.05, 4.69) is 21.1 Å². The molecule has 1 fully saturated rings. The Bertz CT molecular complexity index is 564. The van der Waals surface area contributed by atoms with Crippen molar-refractivity contribution >= 4 is 5.91 Å². The lowest BCUT2D eigenvalue weighted by Crippen LogP contribution is -2.48. The van der Waals surface area contributed by atoms with Crippen molar-refractivity contribution in [1.82, 2.24) is 14.9 Å². The predicted molar refractivity (Wildman–Crippen MR) is 90.8 cm³/mol. The molecule has 134 valence electrons. The van der Waals surface area contributed by atoms with E-state index in [1.165, 1.54) is 0 Å². The summed E-state index contributed by atoms with van der Waals surface area (Å²) in [4.78, 5) is 17.2. The van der Waals surface area contributed by atoms with E-state index in [4.69, 9.17) is 9.47 Å². The fourth-order valence-corrected chi connectivity index (χ4v) is 3.55. The highest BCUT2D eigenvalue weighted by Crippen LogP contribution is 2.18. The Hall–Kier alpha value is -1.40. The van der Waals surface area contributed by atoms with Crippen molar-refractivity contribution in [2.45, 2.75) is 71.2 Å². The molecule has 2 aliphatic heterocycles. The normalized spacial score (nSPS) is 24.8. The molecule has 6 nitrogen and oxygen atoms in total. The van der Waals surface area contributed by atoms with Gasteiger partial charge in [-0.3, -0.25) is 4.79 Å². The summed E-state index contributed by atoms with van der Waals surface area (Å²) in [6, 6.07) is 0.145. The van der Waals surface area contributed by atoms with Crippen LogP contribution in [0.5, 0.6) is 0 Å². The minimum absolute atomic E-state index is 0.00622. The number of hydrogen-bond acceptors (Lipinski definition) is 4. The minimum atomic E-state index is -0.417. The third-order valence-electron chi connectivity index (χ3n) is 4.81. The summed E-state index contributed by atoms with van der Waals surface area (Å²) in [7, 11) is 0. The van der Waals surface area contributed by atoms with Gasteiger partial charge in [-0.05, 0) is 32.1 Å². The Balaban J connectivity index is 1.53. The number of nitrogens with one attached hydrogen (secondary N) is 1. The van der Waals surface area contributed by atoms with Gasteiger partial charge in [0.2, 0.25) is 5.91 Å². The van der Waals surface area contributed by atoms with Gasteiger partial charge in [0.15, 0.2) is 0 Å². The molecule has 24 heavy (non-hydrogen) atoms. The molecule has 0 aromatic carbocycles. The van der Waals surface area contributed by atoms with Gasteiger partial charge in [-0.15, -0.1) is 0 Å². The van der Waals surface area contributed by atoms with Crippen LogP contribution in [0.1, 0.15) is 44.6 Å². The molecule has 1 N–H and O–H groups in total. The first kappa shape index (κ1) is 17.4. The van der Waals surface area contributed by atoms with Gasteiger partial charge in [-0.1, -0.05) is 13.8 Å².